The Bertz CT molecular complexity index is 1170. The lowest BCUT2D eigenvalue weighted by Gasteiger charge is -2.18. The van der Waals surface area contributed by atoms with Gasteiger partial charge in [0.25, 0.3) is 5.91 Å². The lowest BCUT2D eigenvalue weighted by Crippen LogP contribution is -2.17. The Labute approximate surface area is 190 Å². The van der Waals surface area contributed by atoms with Crippen molar-refractivity contribution in [2.45, 2.75) is 64.3 Å². The number of anilines is 2. The summed E-state index contributed by atoms with van der Waals surface area (Å²) in [5.41, 5.74) is 12.7. The number of carbonyl (C=O) groups is 2. The van der Waals surface area contributed by atoms with Crippen molar-refractivity contribution in [1.82, 2.24) is 24.9 Å². The fraction of sp³-hybridized carbons (Fsp3) is 0.455. The van der Waals surface area contributed by atoms with Gasteiger partial charge in [-0.3, -0.25) is 19.6 Å². The minimum atomic E-state index is -0.696. The second-order valence-electron chi connectivity index (χ2n) is 8.97. The molecule has 3 aromatic rings. The number of hydrogen-bond acceptors (Lipinski definition) is 8. The van der Waals surface area contributed by atoms with Crippen LogP contribution >= 0.6 is 0 Å². The van der Waals surface area contributed by atoms with E-state index in [1.54, 1.807) is 6.07 Å². The Hall–Kier alpha value is -3.76. The van der Waals surface area contributed by atoms with Gasteiger partial charge in [-0.1, -0.05) is 24.9 Å². The Morgan fingerprint density at radius 2 is 1.97 bits per heavy atom. The maximum Gasteiger partial charge on any atom is 0.254 e. The Morgan fingerprint density at radius 1 is 1.24 bits per heavy atom. The molecule has 0 spiro atoms. The van der Waals surface area contributed by atoms with Crippen molar-refractivity contribution < 1.29 is 14.1 Å². The fourth-order valence-corrected chi connectivity index (χ4v) is 4.20. The lowest BCUT2D eigenvalue weighted by atomic mass is 9.86. The molecule has 0 saturated heterocycles. The first-order valence-electron chi connectivity index (χ1n) is 10.9. The zero-order chi connectivity index (χ0) is 23.8. The molecule has 0 aliphatic heterocycles. The van der Waals surface area contributed by atoms with E-state index in [4.69, 9.17) is 16.0 Å². The molecule has 2 amide bonds. The molecule has 0 aromatic carbocycles. The molecular weight excluding hydrogens is 424 g/mol. The molecule has 11 nitrogen and oxygen atoms in total. The van der Waals surface area contributed by atoms with Crippen molar-refractivity contribution in [2.75, 3.05) is 11.1 Å². The maximum absolute atomic E-state index is 12.5. The normalized spacial score (nSPS) is 15.2. The summed E-state index contributed by atoms with van der Waals surface area (Å²) in [6, 6.07) is 1.72. The van der Waals surface area contributed by atoms with Crippen molar-refractivity contribution in [3.8, 4) is 11.4 Å². The first kappa shape index (κ1) is 22.4. The summed E-state index contributed by atoms with van der Waals surface area (Å²) in [6.07, 6.45) is 7.33. The standard InChI is InChI=1S/C22H28N8O3/c1-12(2)30-20(23)18(21(24)32)19(28-30)14-11-25-13(10-26-14)8-17(31)27-16-9-15(33-29-16)22(3)6-4-5-7-22/h9-12H,4-8,23H2,1-3H3,(H2,24,32)(H,27,29,31). The number of rotatable bonds is 7. The third-order valence-electron chi connectivity index (χ3n) is 6.05. The molecule has 1 aliphatic carbocycles. The molecule has 33 heavy (non-hydrogen) atoms. The van der Waals surface area contributed by atoms with Crippen molar-refractivity contribution in [1.29, 1.82) is 0 Å². The van der Waals surface area contributed by atoms with Crippen molar-refractivity contribution >= 4 is 23.5 Å². The molecule has 1 saturated carbocycles. The van der Waals surface area contributed by atoms with E-state index in [9.17, 15) is 9.59 Å². The molecule has 0 unspecified atom stereocenters. The molecule has 1 aliphatic rings. The van der Waals surface area contributed by atoms with Gasteiger partial charge in [-0.2, -0.15) is 5.10 Å². The molecule has 5 N–H and O–H groups in total. The zero-order valence-corrected chi connectivity index (χ0v) is 19.0. The summed E-state index contributed by atoms with van der Waals surface area (Å²) in [7, 11) is 0. The molecule has 4 rings (SSSR count). The molecule has 11 heteroatoms. The van der Waals surface area contributed by atoms with Crippen LogP contribution in [0.15, 0.2) is 23.0 Å². The van der Waals surface area contributed by atoms with E-state index in [-0.39, 0.29) is 40.9 Å². The van der Waals surface area contributed by atoms with Gasteiger partial charge in [-0.05, 0) is 26.7 Å². The van der Waals surface area contributed by atoms with Gasteiger partial charge in [0.05, 0.1) is 18.3 Å². The van der Waals surface area contributed by atoms with Gasteiger partial charge in [0.2, 0.25) is 5.91 Å². The third-order valence-corrected chi connectivity index (χ3v) is 6.05. The van der Waals surface area contributed by atoms with E-state index in [2.05, 4.69) is 32.5 Å². The Kier molecular flexibility index (Phi) is 5.88. The van der Waals surface area contributed by atoms with E-state index in [0.717, 1.165) is 18.6 Å². The number of hydrogen-bond donors (Lipinski definition) is 3. The topological polar surface area (TPSA) is 168 Å². The van der Waals surface area contributed by atoms with E-state index in [0.29, 0.717) is 17.2 Å². The average molecular weight is 453 g/mol. The van der Waals surface area contributed by atoms with E-state index in [1.165, 1.54) is 29.9 Å². The van der Waals surface area contributed by atoms with Crippen LogP contribution in [0.2, 0.25) is 0 Å². The lowest BCUT2D eigenvalue weighted by molar-refractivity contribution is -0.115. The van der Waals surface area contributed by atoms with Gasteiger partial charge < -0.3 is 21.3 Å². The first-order valence-corrected chi connectivity index (χ1v) is 10.9. The molecule has 3 aromatic heterocycles. The highest BCUT2D eigenvalue weighted by Gasteiger charge is 2.34. The number of nitrogens with zero attached hydrogens (tertiary/aromatic N) is 5. The zero-order valence-electron chi connectivity index (χ0n) is 19.0. The summed E-state index contributed by atoms with van der Waals surface area (Å²) >= 11 is 0. The average Bonchev–Trinajstić information content (AvgIpc) is 3.48. The number of primary amides is 1. The van der Waals surface area contributed by atoms with E-state index >= 15 is 0 Å². The quantitative estimate of drug-likeness (QED) is 0.491. The summed E-state index contributed by atoms with van der Waals surface area (Å²) in [6.45, 7) is 5.93. The summed E-state index contributed by atoms with van der Waals surface area (Å²) < 4.78 is 6.99. The number of nitrogens with one attached hydrogen (secondary N) is 1. The predicted molar refractivity (Wildman–Crippen MR) is 121 cm³/mol. The molecule has 0 radical (unpaired) electrons. The highest BCUT2D eigenvalue weighted by atomic mass is 16.5. The second kappa shape index (κ2) is 8.64. The second-order valence-corrected chi connectivity index (χ2v) is 8.97. The van der Waals surface area contributed by atoms with Crippen LogP contribution < -0.4 is 16.8 Å². The van der Waals surface area contributed by atoms with Crippen molar-refractivity contribution in [3.05, 3.63) is 35.5 Å². The van der Waals surface area contributed by atoms with Crippen molar-refractivity contribution in [3.63, 3.8) is 0 Å². The van der Waals surface area contributed by atoms with Crippen LogP contribution in [-0.2, 0) is 16.6 Å². The number of carbonyl (C=O) groups excluding carboxylic acids is 2. The van der Waals surface area contributed by atoms with Gasteiger partial charge in [-0.15, -0.1) is 0 Å². The molecular formula is C22H28N8O3. The number of amides is 2. The first-order chi connectivity index (χ1) is 15.7. The number of nitrogen functional groups attached to an aromatic ring is 1. The van der Waals surface area contributed by atoms with Crippen LogP contribution in [0.4, 0.5) is 11.6 Å². The van der Waals surface area contributed by atoms with Gasteiger partial charge in [0.15, 0.2) is 5.82 Å². The predicted octanol–water partition coefficient (Wildman–Crippen LogP) is 2.60. The Balaban J connectivity index is 1.45. The third kappa shape index (κ3) is 4.43. The molecule has 0 bridgehead atoms. The van der Waals surface area contributed by atoms with Crippen LogP contribution in [-0.4, -0.2) is 36.7 Å². The summed E-state index contributed by atoms with van der Waals surface area (Å²) in [5, 5.41) is 11.1. The van der Waals surface area contributed by atoms with E-state index < -0.39 is 5.91 Å². The maximum atomic E-state index is 12.5. The van der Waals surface area contributed by atoms with Crippen LogP contribution in [0.3, 0.4) is 0 Å². The van der Waals surface area contributed by atoms with Crippen LogP contribution in [0.25, 0.3) is 11.4 Å². The SMILES string of the molecule is CC(C)n1nc(-c2cnc(CC(=O)Nc3cc(C4(C)CCCC4)on3)cn2)c(C(N)=O)c1N. The van der Waals surface area contributed by atoms with Crippen LogP contribution in [0.1, 0.15) is 74.3 Å². The van der Waals surface area contributed by atoms with Gasteiger partial charge in [-0.25, -0.2) is 4.68 Å². The monoisotopic (exact) mass is 452 g/mol. The van der Waals surface area contributed by atoms with Crippen LogP contribution in [0, 0.1) is 0 Å². The molecule has 1 fully saturated rings. The van der Waals surface area contributed by atoms with Gasteiger partial charge >= 0.3 is 0 Å². The number of aromatic nitrogens is 5. The summed E-state index contributed by atoms with van der Waals surface area (Å²) in [5.74, 6) is 0.368. The van der Waals surface area contributed by atoms with Crippen LogP contribution in [0.5, 0.6) is 0 Å². The Morgan fingerprint density at radius 3 is 2.58 bits per heavy atom. The highest BCUT2D eigenvalue weighted by molar-refractivity contribution is 6.02. The van der Waals surface area contributed by atoms with Gasteiger partial charge in [0.1, 0.15) is 28.5 Å². The molecule has 174 valence electrons. The summed E-state index contributed by atoms with van der Waals surface area (Å²) in [4.78, 5) is 33.0. The van der Waals surface area contributed by atoms with Gasteiger partial charge in [0, 0.05) is 23.7 Å². The molecule has 3 heterocycles. The fourth-order valence-electron chi connectivity index (χ4n) is 4.20. The number of nitrogens with two attached hydrogens (primary N) is 2. The minimum absolute atomic E-state index is 0.00199. The highest BCUT2D eigenvalue weighted by Crippen LogP contribution is 2.41. The van der Waals surface area contributed by atoms with E-state index in [1.807, 2.05) is 13.8 Å². The van der Waals surface area contributed by atoms with Crippen molar-refractivity contribution in [2.24, 2.45) is 5.73 Å². The largest absolute Gasteiger partial charge is 0.383 e. The molecule has 0 atom stereocenters. The smallest absolute Gasteiger partial charge is 0.254 e. The minimum Gasteiger partial charge on any atom is -0.383 e.